The third-order valence-corrected chi connectivity index (χ3v) is 2.65. The zero-order valence-corrected chi connectivity index (χ0v) is 10.2. The molecule has 0 aliphatic heterocycles. The van der Waals surface area contributed by atoms with Gasteiger partial charge in [0.25, 0.3) is 0 Å². The average Bonchev–Trinajstić information content (AvgIpc) is 2.35. The lowest BCUT2D eigenvalue weighted by molar-refractivity contribution is 0.0696. The quantitative estimate of drug-likeness (QED) is 0.893. The molecular weight excluding hydrogens is 276 g/mol. The van der Waals surface area contributed by atoms with Crippen LogP contribution in [0.4, 0.5) is 20.2 Å². The fourth-order valence-electron chi connectivity index (χ4n) is 1.49. The second-order valence-electron chi connectivity index (χ2n) is 3.75. The van der Waals surface area contributed by atoms with Crippen molar-refractivity contribution in [2.45, 2.75) is 0 Å². The van der Waals surface area contributed by atoms with Crippen LogP contribution in [0.2, 0.25) is 5.02 Å². The van der Waals surface area contributed by atoms with Gasteiger partial charge in [0, 0.05) is 10.7 Å². The van der Waals surface area contributed by atoms with Gasteiger partial charge in [0.1, 0.15) is 5.69 Å². The van der Waals surface area contributed by atoms with E-state index in [1.807, 2.05) is 0 Å². The van der Waals surface area contributed by atoms with Gasteiger partial charge in [-0.3, -0.25) is 0 Å². The number of carboxylic acids is 1. The molecule has 0 fully saturated rings. The molecule has 0 amide bonds. The fraction of sp³-hybridized carbons (Fsp3) is 0. The maximum absolute atomic E-state index is 13.6. The molecule has 98 valence electrons. The summed E-state index contributed by atoms with van der Waals surface area (Å²) < 4.78 is 27.3. The second kappa shape index (κ2) is 5.24. The van der Waals surface area contributed by atoms with E-state index < -0.39 is 28.9 Å². The fourth-order valence-corrected chi connectivity index (χ4v) is 1.62. The minimum Gasteiger partial charge on any atom is -0.478 e. The average molecular weight is 284 g/mol. The van der Waals surface area contributed by atoms with Gasteiger partial charge in [-0.1, -0.05) is 11.6 Å². The zero-order valence-electron chi connectivity index (χ0n) is 9.45. The Morgan fingerprint density at radius 1 is 1.11 bits per heavy atom. The topological polar surface area (TPSA) is 49.3 Å². The van der Waals surface area contributed by atoms with Crippen LogP contribution in [-0.2, 0) is 0 Å². The Morgan fingerprint density at radius 2 is 1.63 bits per heavy atom. The van der Waals surface area contributed by atoms with Crippen molar-refractivity contribution < 1.29 is 18.7 Å². The van der Waals surface area contributed by atoms with E-state index in [1.165, 1.54) is 0 Å². The monoisotopic (exact) mass is 283 g/mol. The van der Waals surface area contributed by atoms with E-state index in [1.54, 1.807) is 24.3 Å². The second-order valence-corrected chi connectivity index (χ2v) is 4.19. The molecule has 2 aromatic rings. The lowest BCUT2D eigenvalue weighted by atomic mass is 10.2. The largest absolute Gasteiger partial charge is 0.478 e. The van der Waals surface area contributed by atoms with Crippen LogP contribution < -0.4 is 5.32 Å². The highest BCUT2D eigenvalue weighted by Crippen LogP contribution is 2.25. The van der Waals surface area contributed by atoms with Crippen LogP contribution in [0.3, 0.4) is 0 Å². The number of aromatic carboxylic acids is 1. The van der Waals surface area contributed by atoms with Gasteiger partial charge in [-0.15, -0.1) is 0 Å². The summed E-state index contributed by atoms with van der Waals surface area (Å²) in [7, 11) is 0. The first-order valence-electron chi connectivity index (χ1n) is 5.22. The number of nitrogens with one attached hydrogen (secondary N) is 1. The van der Waals surface area contributed by atoms with Crippen molar-refractivity contribution >= 4 is 28.9 Å². The van der Waals surface area contributed by atoms with E-state index in [4.69, 9.17) is 16.7 Å². The molecule has 6 heteroatoms. The van der Waals surface area contributed by atoms with Crippen molar-refractivity contribution in [3.63, 3.8) is 0 Å². The molecule has 19 heavy (non-hydrogen) atoms. The molecule has 0 aliphatic carbocycles. The highest BCUT2D eigenvalue weighted by Gasteiger charge is 2.14. The van der Waals surface area contributed by atoms with Crippen molar-refractivity contribution in [3.8, 4) is 0 Å². The molecule has 0 atom stereocenters. The predicted molar refractivity (Wildman–Crippen MR) is 68.1 cm³/mol. The van der Waals surface area contributed by atoms with E-state index in [2.05, 4.69) is 5.32 Å². The first kappa shape index (κ1) is 13.3. The van der Waals surface area contributed by atoms with Crippen molar-refractivity contribution in [1.29, 1.82) is 0 Å². The molecule has 0 saturated heterocycles. The lowest BCUT2D eigenvalue weighted by Crippen LogP contribution is -2.03. The van der Waals surface area contributed by atoms with Crippen molar-refractivity contribution in [3.05, 3.63) is 58.6 Å². The highest BCUT2D eigenvalue weighted by molar-refractivity contribution is 6.30. The Labute approximate surface area is 112 Å². The maximum Gasteiger partial charge on any atom is 0.335 e. The van der Waals surface area contributed by atoms with Crippen LogP contribution in [0.1, 0.15) is 10.4 Å². The summed E-state index contributed by atoms with van der Waals surface area (Å²) in [6.07, 6.45) is 0. The van der Waals surface area contributed by atoms with Crippen LogP contribution in [0, 0.1) is 11.6 Å². The molecule has 0 heterocycles. The summed E-state index contributed by atoms with van der Waals surface area (Å²) in [6, 6.07) is 7.72. The number of benzene rings is 2. The first-order valence-corrected chi connectivity index (χ1v) is 5.60. The third kappa shape index (κ3) is 3.00. The van der Waals surface area contributed by atoms with Gasteiger partial charge in [0.15, 0.2) is 11.6 Å². The summed E-state index contributed by atoms with van der Waals surface area (Å²) in [5.74, 6) is -3.35. The standard InChI is InChI=1S/C13H8ClF2NO2/c14-8-1-3-9(4-2-8)17-12-10(15)5-7(13(18)19)6-11(12)16/h1-6,17H,(H,18,19). The Balaban J connectivity index is 2.35. The molecular formula is C13H8ClF2NO2. The Hall–Kier alpha value is -2.14. The van der Waals surface area contributed by atoms with Crippen molar-refractivity contribution in [2.75, 3.05) is 5.32 Å². The van der Waals surface area contributed by atoms with Crippen LogP contribution in [0.5, 0.6) is 0 Å². The summed E-state index contributed by atoms with van der Waals surface area (Å²) in [6.45, 7) is 0. The normalized spacial score (nSPS) is 10.3. The molecule has 2 aromatic carbocycles. The molecule has 0 spiro atoms. The van der Waals surface area contributed by atoms with Crippen LogP contribution in [0.15, 0.2) is 36.4 Å². The lowest BCUT2D eigenvalue weighted by Gasteiger charge is -2.09. The number of rotatable bonds is 3. The zero-order chi connectivity index (χ0) is 14.0. The van der Waals surface area contributed by atoms with Crippen LogP contribution in [0.25, 0.3) is 0 Å². The number of halogens is 3. The van der Waals surface area contributed by atoms with E-state index in [9.17, 15) is 13.6 Å². The third-order valence-electron chi connectivity index (χ3n) is 2.40. The number of carboxylic acid groups (broad SMARTS) is 1. The minimum absolute atomic E-state index is 0.410. The minimum atomic E-state index is -1.39. The molecule has 2 rings (SSSR count). The molecule has 0 aromatic heterocycles. The van der Waals surface area contributed by atoms with Gasteiger partial charge in [0.2, 0.25) is 0 Å². The summed E-state index contributed by atoms with van der Waals surface area (Å²) in [5, 5.41) is 11.7. The number of hydrogen-bond acceptors (Lipinski definition) is 2. The smallest absolute Gasteiger partial charge is 0.335 e. The Morgan fingerprint density at radius 3 is 2.11 bits per heavy atom. The van der Waals surface area contributed by atoms with Crippen molar-refractivity contribution in [1.82, 2.24) is 0 Å². The first-order chi connectivity index (χ1) is 8.97. The van der Waals surface area contributed by atoms with E-state index in [0.717, 1.165) is 12.1 Å². The molecule has 0 saturated carbocycles. The summed E-state index contributed by atoms with van der Waals surface area (Å²) in [4.78, 5) is 10.6. The Bertz CT molecular complexity index is 606. The molecule has 3 nitrogen and oxygen atoms in total. The predicted octanol–water partition coefficient (Wildman–Crippen LogP) is 4.06. The molecule has 0 aliphatic rings. The van der Waals surface area contributed by atoms with Crippen LogP contribution >= 0.6 is 11.6 Å². The highest BCUT2D eigenvalue weighted by atomic mass is 35.5. The Kier molecular flexibility index (Phi) is 3.66. The van der Waals surface area contributed by atoms with E-state index in [-0.39, 0.29) is 0 Å². The van der Waals surface area contributed by atoms with Gasteiger partial charge < -0.3 is 10.4 Å². The van der Waals surface area contributed by atoms with Gasteiger partial charge in [-0.25, -0.2) is 13.6 Å². The maximum atomic E-state index is 13.6. The van der Waals surface area contributed by atoms with Gasteiger partial charge in [0.05, 0.1) is 5.56 Å². The molecule has 0 unspecified atom stereocenters. The molecule has 0 bridgehead atoms. The van der Waals surface area contributed by atoms with Gasteiger partial charge >= 0.3 is 5.97 Å². The number of hydrogen-bond donors (Lipinski definition) is 2. The van der Waals surface area contributed by atoms with Crippen molar-refractivity contribution in [2.24, 2.45) is 0 Å². The number of anilines is 2. The summed E-state index contributed by atoms with van der Waals surface area (Å²) >= 11 is 5.69. The van der Waals surface area contributed by atoms with E-state index in [0.29, 0.717) is 10.7 Å². The van der Waals surface area contributed by atoms with Crippen LogP contribution in [-0.4, -0.2) is 11.1 Å². The van der Waals surface area contributed by atoms with E-state index >= 15 is 0 Å². The van der Waals surface area contributed by atoms with Gasteiger partial charge in [-0.05, 0) is 36.4 Å². The molecule has 0 radical (unpaired) electrons. The SMILES string of the molecule is O=C(O)c1cc(F)c(Nc2ccc(Cl)cc2)c(F)c1. The number of carbonyl (C=O) groups is 1. The summed E-state index contributed by atoms with van der Waals surface area (Å²) in [5.41, 5.74) is -0.422. The molecule has 2 N–H and O–H groups in total. The van der Waals surface area contributed by atoms with Gasteiger partial charge in [-0.2, -0.15) is 0 Å².